The van der Waals surface area contributed by atoms with Crippen molar-refractivity contribution >= 4 is 21.7 Å². The zero-order chi connectivity index (χ0) is 11.6. The Morgan fingerprint density at radius 3 is 2.67 bits per heavy atom. The van der Waals surface area contributed by atoms with Crippen molar-refractivity contribution in [2.75, 3.05) is 7.11 Å². The molecule has 0 aromatic heterocycles. The molecule has 0 heterocycles. The lowest BCUT2D eigenvalue weighted by atomic mass is 10.0. The van der Waals surface area contributed by atoms with E-state index in [4.69, 9.17) is 10.5 Å². The normalized spacial score (nSPS) is 12.3. The van der Waals surface area contributed by atoms with Crippen LogP contribution in [-0.4, -0.2) is 18.9 Å². The SMILES string of the molecule is COc1c(C(=O)C(C)N)ccc(Br)c1F. The highest BCUT2D eigenvalue weighted by Crippen LogP contribution is 2.29. The first-order valence-corrected chi connectivity index (χ1v) is 5.10. The van der Waals surface area contributed by atoms with Gasteiger partial charge in [-0.2, -0.15) is 0 Å². The Morgan fingerprint density at radius 1 is 1.60 bits per heavy atom. The van der Waals surface area contributed by atoms with Gasteiger partial charge in [-0.25, -0.2) is 4.39 Å². The van der Waals surface area contributed by atoms with Crippen LogP contribution in [0.2, 0.25) is 0 Å². The maximum Gasteiger partial charge on any atom is 0.183 e. The van der Waals surface area contributed by atoms with Gasteiger partial charge >= 0.3 is 0 Å². The Balaban J connectivity index is 3.31. The monoisotopic (exact) mass is 275 g/mol. The number of ketones is 1. The number of carbonyl (C=O) groups excluding carboxylic acids is 1. The molecular formula is C10H11BrFNO2. The molecule has 0 saturated heterocycles. The van der Waals surface area contributed by atoms with Gasteiger partial charge in [0.1, 0.15) is 0 Å². The standard InChI is InChI=1S/C10H11BrFNO2/c1-5(13)9(14)6-3-4-7(11)8(12)10(6)15-2/h3-5H,13H2,1-2H3. The molecule has 1 unspecified atom stereocenters. The number of ether oxygens (including phenoxy) is 1. The Morgan fingerprint density at radius 2 is 2.20 bits per heavy atom. The van der Waals surface area contributed by atoms with Crippen LogP contribution < -0.4 is 10.5 Å². The topological polar surface area (TPSA) is 52.3 Å². The Labute approximate surface area is 95.5 Å². The van der Waals surface area contributed by atoms with Crippen molar-refractivity contribution in [1.82, 2.24) is 0 Å². The fourth-order valence-corrected chi connectivity index (χ4v) is 1.48. The highest BCUT2D eigenvalue weighted by atomic mass is 79.9. The van der Waals surface area contributed by atoms with Crippen LogP contribution in [0.25, 0.3) is 0 Å². The third-order valence-corrected chi connectivity index (χ3v) is 2.55. The van der Waals surface area contributed by atoms with E-state index in [1.54, 1.807) is 6.92 Å². The number of nitrogens with two attached hydrogens (primary N) is 1. The maximum absolute atomic E-state index is 13.5. The molecule has 5 heteroatoms. The van der Waals surface area contributed by atoms with Crippen LogP contribution in [0.15, 0.2) is 16.6 Å². The van der Waals surface area contributed by atoms with E-state index in [-0.39, 0.29) is 21.6 Å². The van der Waals surface area contributed by atoms with Gasteiger partial charge < -0.3 is 10.5 Å². The summed E-state index contributed by atoms with van der Waals surface area (Å²) in [7, 11) is 1.31. The van der Waals surface area contributed by atoms with Crippen LogP contribution in [0.5, 0.6) is 5.75 Å². The number of carbonyl (C=O) groups is 1. The van der Waals surface area contributed by atoms with Gasteiger partial charge in [0.05, 0.1) is 23.2 Å². The lowest BCUT2D eigenvalue weighted by Gasteiger charge is -2.11. The summed E-state index contributed by atoms with van der Waals surface area (Å²) in [5, 5.41) is 0. The lowest BCUT2D eigenvalue weighted by Crippen LogP contribution is -2.27. The van der Waals surface area contributed by atoms with E-state index in [1.807, 2.05) is 0 Å². The zero-order valence-corrected chi connectivity index (χ0v) is 9.97. The number of benzene rings is 1. The van der Waals surface area contributed by atoms with Crippen LogP contribution in [0.4, 0.5) is 4.39 Å². The first kappa shape index (κ1) is 12.1. The molecule has 1 rings (SSSR count). The molecule has 0 bridgehead atoms. The molecule has 0 radical (unpaired) electrons. The molecule has 1 atom stereocenters. The summed E-state index contributed by atoms with van der Waals surface area (Å²) < 4.78 is 18.6. The van der Waals surface area contributed by atoms with Crippen molar-refractivity contribution in [1.29, 1.82) is 0 Å². The van der Waals surface area contributed by atoms with Crippen molar-refractivity contribution in [2.24, 2.45) is 5.73 Å². The molecule has 0 amide bonds. The van der Waals surface area contributed by atoms with E-state index in [9.17, 15) is 9.18 Å². The minimum absolute atomic E-state index is 0.0772. The number of hydrogen-bond acceptors (Lipinski definition) is 3. The number of methoxy groups -OCH3 is 1. The fraction of sp³-hybridized carbons (Fsp3) is 0.300. The predicted molar refractivity (Wildman–Crippen MR) is 58.6 cm³/mol. The van der Waals surface area contributed by atoms with Crippen LogP contribution in [0, 0.1) is 5.82 Å². The molecule has 0 aliphatic carbocycles. The quantitative estimate of drug-likeness (QED) is 0.860. The third kappa shape index (κ3) is 2.35. The molecule has 2 N–H and O–H groups in total. The van der Waals surface area contributed by atoms with Gasteiger partial charge in [0, 0.05) is 0 Å². The van der Waals surface area contributed by atoms with Crippen molar-refractivity contribution in [2.45, 2.75) is 13.0 Å². The molecule has 15 heavy (non-hydrogen) atoms. The predicted octanol–water partition coefficient (Wildman–Crippen LogP) is 2.13. The summed E-state index contributed by atoms with van der Waals surface area (Å²) >= 11 is 3.01. The Hall–Kier alpha value is -0.940. The average molecular weight is 276 g/mol. The average Bonchev–Trinajstić information content (AvgIpc) is 2.20. The van der Waals surface area contributed by atoms with Crippen molar-refractivity contribution in [3.05, 3.63) is 28.0 Å². The highest BCUT2D eigenvalue weighted by Gasteiger charge is 2.20. The molecule has 1 aromatic carbocycles. The summed E-state index contributed by atoms with van der Waals surface area (Å²) in [5.41, 5.74) is 5.60. The second kappa shape index (κ2) is 4.72. The van der Waals surface area contributed by atoms with Crippen LogP contribution >= 0.6 is 15.9 Å². The first-order valence-electron chi connectivity index (χ1n) is 4.30. The van der Waals surface area contributed by atoms with Crippen molar-refractivity contribution < 1.29 is 13.9 Å². The van der Waals surface area contributed by atoms with Gasteiger partial charge in [-0.3, -0.25) is 4.79 Å². The molecule has 0 fully saturated rings. The summed E-state index contributed by atoms with van der Waals surface area (Å²) in [4.78, 5) is 11.6. The maximum atomic E-state index is 13.5. The molecular weight excluding hydrogens is 265 g/mol. The number of rotatable bonds is 3. The minimum atomic E-state index is -0.681. The largest absolute Gasteiger partial charge is 0.493 e. The number of halogens is 2. The van der Waals surface area contributed by atoms with Crippen molar-refractivity contribution in [3.8, 4) is 5.75 Å². The molecule has 0 saturated carbocycles. The van der Waals surface area contributed by atoms with Crippen LogP contribution in [-0.2, 0) is 0 Å². The molecule has 0 aliphatic rings. The van der Waals surface area contributed by atoms with E-state index in [2.05, 4.69) is 15.9 Å². The molecule has 1 aromatic rings. The van der Waals surface area contributed by atoms with E-state index >= 15 is 0 Å². The van der Waals surface area contributed by atoms with Crippen LogP contribution in [0.3, 0.4) is 0 Å². The van der Waals surface area contributed by atoms with Gasteiger partial charge in [-0.05, 0) is 35.0 Å². The lowest BCUT2D eigenvalue weighted by molar-refractivity contribution is 0.0964. The molecule has 3 nitrogen and oxygen atoms in total. The van der Waals surface area contributed by atoms with E-state index in [1.165, 1.54) is 19.2 Å². The van der Waals surface area contributed by atoms with Gasteiger partial charge in [0.15, 0.2) is 17.3 Å². The van der Waals surface area contributed by atoms with Gasteiger partial charge in [0.25, 0.3) is 0 Å². The molecule has 82 valence electrons. The first-order chi connectivity index (χ1) is 6.99. The van der Waals surface area contributed by atoms with Gasteiger partial charge in [-0.15, -0.1) is 0 Å². The minimum Gasteiger partial charge on any atom is -0.493 e. The van der Waals surface area contributed by atoms with Crippen molar-refractivity contribution in [3.63, 3.8) is 0 Å². The summed E-state index contributed by atoms with van der Waals surface area (Å²) in [6.45, 7) is 1.54. The number of hydrogen-bond donors (Lipinski definition) is 1. The second-order valence-electron chi connectivity index (χ2n) is 3.10. The van der Waals surface area contributed by atoms with Gasteiger partial charge in [0.2, 0.25) is 0 Å². The van der Waals surface area contributed by atoms with E-state index in [0.717, 1.165) is 0 Å². The van der Waals surface area contributed by atoms with Gasteiger partial charge in [-0.1, -0.05) is 0 Å². The van der Waals surface area contributed by atoms with Crippen LogP contribution in [0.1, 0.15) is 17.3 Å². The summed E-state index contributed by atoms with van der Waals surface area (Å²) in [6, 6.07) is 2.25. The Bertz CT molecular complexity index is 393. The van der Waals surface area contributed by atoms with E-state index in [0.29, 0.717) is 0 Å². The highest BCUT2D eigenvalue weighted by molar-refractivity contribution is 9.10. The second-order valence-corrected chi connectivity index (χ2v) is 3.95. The third-order valence-electron chi connectivity index (χ3n) is 1.93. The molecule has 0 spiro atoms. The van der Waals surface area contributed by atoms with E-state index < -0.39 is 11.9 Å². The number of Topliss-reactive ketones (excluding diaryl/α,β-unsaturated/α-hetero) is 1. The smallest absolute Gasteiger partial charge is 0.183 e. The fourth-order valence-electron chi connectivity index (χ4n) is 1.17. The molecule has 0 aliphatic heterocycles. The Kier molecular flexibility index (Phi) is 3.82. The summed E-state index contributed by atoms with van der Waals surface area (Å²) in [6.07, 6.45) is 0. The zero-order valence-electron chi connectivity index (χ0n) is 8.38. The summed E-state index contributed by atoms with van der Waals surface area (Å²) in [5.74, 6) is -1.02.